The third kappa shape index (κ3) is 3.07. The molecule has 2 N–H and O–H groups in total. The predicted octanol–water partition coefficient (Wildman–Crippen LogP) is 0.652. The van der Waals surface area contributed by atoms with Crippen LogP contribution in [0, 0.1) is 17.2 Å². The Bertz CT molecular complexity index is 293. The molecule has 0 saturated heterocycles. The van der Waals surface area contributed by atoms with E-state index in [1.54, 1.807) is 4.90 Å². The third-order valence-corrected chi connectivity index (χ3v) is 2.62. The summed E-state index contributed by atoms with van der Waals surface area (Å²) in [6.07, 6.45) is 4.84. The lowest BCUT2D eigenvalue weighted by Gasteiger charge is -2.22. The van der Waals surface area contributed by atoms with Crippen molar-refractivity contribution in [3.8, 4) is 6.07 Å². The molecule has 0 spiro atoms. The normalized spacial score (nSPS) is 23.8. The second kappa shape index (κ2) is 5.52. The van der Waals surface area contributed by atoms with Crippen molar-refractivity contribution in [1.82, 2.24) is 4.90 Å². The van der Waals surface area contributed by atoms with Gasteiger partial charge in [0.15, 0.2) is 0 Å². The maximum atomic E-state index is 11.9. The van der Waals surface area contributed by atoms with Gasteiger partial charge in [-0.1, -0.05) is 12.2 Å². The average molecular weight is 207 g/mol. The molecule has 0 fully saturated rings. The molecule has 4 nitrogen and oxygen atoms in total. The Kier molecular flexibility index (Phi) is 4.32. The van der Waals surface area contributed by atoms with Crippen LogP contribution in [0.3, 0.4) is 0 Å². The van der Waals surface area contributed by atoms with Crippen LogP contribution in [0.2, 0.25) is 0 Å². The summed E-state index contributed by atoms with van der Waals surface area (Å²) in [5.74, 6) is 0.00981. The standard InChI is InChI=1S/C11H17N3O/c1-2-14(7-3-6-12)11(15)9-4-5-10(13)8-9/h4-5,9-10H,2-3,7-8,13H2,1H3. The minimum atomic E-state index is -0.0846. The van der Waals surface area contributed by atoms with Gasteiger partial charge in [0.25, 0.3) is 0 Å². The summed E-state index contributed by atoms with van der Waals surface area (Å²) in [4.78, 5) is 13.7. The van der Waals surface area contributed by atoms with Crippen LogP contribution in [0.1, 0.15) is 19.8 Å². The van der Waals surface area contributed by atoms with E-state index in [1.165, 1.54) is 0 Å². The van der Waals surface area contributed by atoms with Crippen molar-refractivity contribution in [1.29, 1.82) is 5.26 Å². The van der Waals surface area contributed by atoms with Gasteiger partial charge in [0, 0.05) is 19.1 Å². The van der Waals surface area contributed by atoms with E-state index in [4.69, 9.17) is 11.0 Å². The fraction of sp³-hybridized carbons (Fsp3) is 0.636. The van der Waals surface area contributed by atoms with Gasteiger partial charge in [0.2, 0.25) is 5.91 Å². The molecule has 2 unspecified atom stereocenters. The van der Waals surface area contributed by atoms with Crippen LogP contribution in [0.4, 0.5) is 0 Å². The highest BCUT2D eigenvalue weighted by molar-refractivity contribution is 5.81. The Balaban J connectivity index is 2.50. The smallest absolute Gasteiger partial charge is 0.229 e. The minimum Gasteiger partial charge on any atom is -0.341 e. The molecule has 0 bridgehead atoms. The number of hydrogen-bond acceptors (Lipinski definition) is 3. The number of hydrogen-bond donors (Lipinski definition) is 1. The second-order valence-corrected chi connectivity index (χ2v) is 3.72. The molecule has 4 heteroatoms. The van der Waals surface area contributed by atoms with Crippen LogP contribution < -0.4 is 5.73 Å². The Morgan fingerprint density at radius 2 is 2.40 bits per heavy atom. The molecular formula is C11H17N3O. The highest BCUT2D eigenvalue weighted by atomic mass is 16.2. The fourth-order valence-corrected chi connectivity index (χ4v) is 1.75. The molecular weight excluding hydrogens is 190 g/mol. The molecule has 0 aromatic rings. The van der Waals surface area contributed by atoms with Gasteiger partial charge in [-0.25, -0.2) is 0 Å². The molecule has 0 aromatic heterocycles. The van der Waals surface area contributed by atoms with E-state index in [2.05, 4.69) is 6.07 Å². The molecule has 0 saturated carbocycles. The van der Waals surface area contributed by atoms with Gasteiger partial charge in [0.05, 0.1) is 18.4 Å². The molecule has 1 aliphatic rings. The zero-order valence-electron chi connectivity index (χ0n) is 9.02. The number of rotatable bonds is 4. The van der Waals surface area contributed by atoms with Crippen LogP contribution in [0.15, 0.2) is 12.2 Å². The van der Waals surface area contributed by atoms with Crippen molar-refractivity contribution in [2.24, 2.45) is 11.7 Å². The van der Waals surface area contributed by atoms with E-state index < -0.39 is 0 Å². The minimum absolute atomic E-state index is 0.00798. The van der Waals surface area contributed by atoms with E-state index >= 15 is 0 Å². The van der Waals surface area contributed by atoms with E-state index in [0.29, 0.717) is 25.9 Å². The molecule has 0 heterocycles. The van der Waals surface area contributed by atoms with E-state index in [0.717, 1.165) is 0 Å². The summed E-state index contributed by atoms with van der Waals surface area (Å²) < 4.78 is 0. The van der Waals surface area contributed by atoms with Crippen LogP contribution >= 0.6 is 0 Å². The Morgan fingerprint density at radius 1 is 1.67 bits per heavy atom. The third-order valence-electron chi connectivity index (χ3n) is 2.62. The SMILES string of the molecule is CCN(CCC#N)C(=O)C1C=CC(N)C1. The Morgan fingerprint density at radius 3 is 2.87 bits per heavy atom. The van der Waals surface area contributed by atoms with Crippen LogP contribution in [-0.4, -0.2) is 29.9 Å². The lowest BCUT2D eigenvalue weighted by atomic mass is 10.1. The van der Waals surface area contributed by atoms with E-state index in [1.807, 2.05) is 19.1 Å². The molecule has 2 atom stereocenters. The number of nitrogens with zero attached hydrogens (tertiary/aromatic N) is 2. The number of carbonyl (C=O) groups excluding carboxylic acids is 1. The van der Waals surface area contributed by atoms with Gasteiger partial charge in [-0.2, -0.15) is 5.26 Å². The number of carbonyl (C=O) groups is 1. The first-order valence-electron chi connectivity index (χ1n) is 5.28. The molecule has 0 aromatic carbocycles. The Hall–Kier alpha value is -1.34. The van der Waals surface area contributed by atoms with Crippen molar-refractivity contribution in [3.63, 3.8) is 0 Å². The van der Waals surface area contributed by atoms with Gasteiger partial charge in [-0.05, 0) is 13.3 Å². The first kappa shape index (κ1) is 11.7. The van der Waals surface area contributed by atoms with Gasteiger partial charge in [-0.15, -0.1) is 0 Å². The zero-order valence-corrected chi connectivity index (χ0v) is 9.02. The van der Waals surface area contributed by atoms with Crippen molar-refractivity contribution in [2.45, 2.75) is 25.8 Å². The van der Waals surface area contributed by atoms with Gasteiger partial charge >= 0.3 is 0 Å². The van der Waals surface area contributed by atoms with E-state index in [-0.39, 0.29) is 17.9 Å². The molecule has 1 rings (SSSR count). The maximum Gasteiger partial charge on any atom is 0.229 e. The number of nitriles is 1. The molecule has 0 radical (unpaired) electrons. The molecule has 1 aliphatic carbocycles. The topological polar surface area (TPSA) is 70.1 Å². The summed E-state index contributed by atoms with van der Waals surface area (Å²) in [7, 11) is 0. The first-order chi connectivity index (χ1) is 7.19. The van der Waals surface area contributed by atoms with Crippen molar-refractivity contribution >= 4 is 5.91 Å². The summed E-state index contributed by atoms with van der Waals surface area (Å²) in [6.45, 7) is 3.10. The zero-order chi connectivity index (χ0) is 11.3. The Labute approximate surface area is 90.3 Å². The molecule has 1 amide bonds. The fourth-order valence-electron chi connectivity index (χ4n) is 1.75. The summed E-state index contributed by atoms with van der Waals surface area (Å²) in [5, 5.41) is 8.48. The summed E-state index contributed by atoms with van der Waals surface area (Å²) >= 11 is 0. The quantitative estimate of drug-likeness (QED) is 0.688. The average Bonchev–Trinajstić information content (AvgIpc) is 2.65. The highest BCUT2D eigenvalue weighted by Gasteiger charge is 2.25. The summed E-state index contributed by atoms with van der Waals surface area (Å²) in [6, 6.07) is 2.06. The molecule has 15 heavy (non-hydrogen) atoms. The lowest BCUT2D eigenvalue weighted by molar-refractivity contribution is -0.133. The van der Waals surface area contributed by atoms with Crippen molar-refractivity contribution in [3.05, 3.63) is 12.2 Å². The van der Waals surface area contributed by atoms with Crippen molar-refractivity contribution < 1.29 is 4.79 Å². The molecule has 82 valence electrons. The molecule has 0 aliphatic heterocycles. The number of nitrogens with two attached hydrogens (primary N) is 1. The van der Waals surface area contributed by atoms with Gasteiger partial charge < -0.3 is 10.6 Å². The second-order valence-electron chi connectivity index (χ2n) is 3.72. The van der Waals surface area contributed by atoms with Gasteiger partial charge in [-0.3, -0.25) is 4.79 Å². The monoisotopic (exact) mass is 207 g/mol. The van der Waals surface area contributed by atoms with Gasteiger partial charge in [0.1, 0.15) is 0 Å². The van der Waals surface area contributed by atoms with Crippen LogP contribution in [0.25, 0.3) is 0 Å². The maximum absolute atomic E-state index is 11.9. The van der Waals surface area contributed by atoms with Crippen LogP contribution in [0.5, 0.6) is 0 Å². The highest BCUT2D eigenvalue weighted by Crippen LogP contribution is 2.18. The predicted molar refractivity (Wildman–Crippen MR) is 57.7 cm³/mol. The first-order valence-corrected chi connectivity index (χ1v) is 5.28. The number of amides is 1. The van der Waals surface area contributed by atoms with Crippen LogP contribution in [-0.2, 0) is 4.79 Å². The van der Waals surface area contributed by atoms with Crippen molar-refractivity contribution in [2.75, 3.05) is 13.1 Å². The van der Waals surface area contributed by atoms with E-state index in [9.17, 15) is 4.79 Å². The lowest BCUT2D eigenvalue weighted by Crippen LogP contribution is -2.36. The summed E-state index contributed by atoms with van der Waals surface area (Å²) in [5.41, 5.74) is 5.69. The largest absolute Gasteiger partial charge is 0.341 e.